The standard InChI is InChI=1S/C28H35FN6O2/c1-17-9-20-12-30-24(32-27(36)26-18(2)25(26)21-13-31-33(4)14-21)11-19(20)10-22(17)34-5-7-35(8-6-34)28(3)16-37-15-23(28)29/h9-14,18,23,25-26H,5-8,15-16H2,1-4H3,(H,30,32,36)/t18-,23+,25-,26+,28-/m1/s1. The third kappa shape index (κ3) is 4.28. The number of nitrogens with one attached hydrogen (secondary N) is 1. The van der Waals surface area contributed by atoms with Crippen molar-refractivity contribution in [1.29, 1.82) is 0 Å². The molecule has 37 heavy (non-hydrogen) atoms. The maximum absolute atomic E-state index is 14.5. The number of anilines is 2. The van der Waals surface area contributed by atoms with Crippen LogP contribution in [0.3, 0.4) is 0 Å². The first-order valence-electron chi connectivity index (χ1n) is 13.2. The van der Waals surface area contributed by atoms with E-state index in [1.165, 1.54) is 11.3 Å². The van der Waals surface area contributed by atoms with E-state index >= 15 is 0 Å². The van der Waals surface area contributed by atoms with Crippen molar-refractivity contribution in [1.82, 2.24) is 19.7 Å². The summed E-state index contributed by atoms with van der Waals surface area (Å²) in [6.45, 7) is 10.1. The van der Waals surface area contributed by atoms with Crippen LogP contribution >= 0.6 is 0 Å². The number of halogens is 1. The molecule has 3 aliphatic rings. The minimum absolute atomic E-state index is 0.00668. The molecule has 196 valence electrons. The van der Waals surface area contributed by atoms with Crippen molar-refractivity contribution in [2.75, 3.05) is 49.6 Å². The minimum atomic E-state index is -0.944. The lowest BCUT2D eigenvalue weighted by molar-refractivity contribution is -0.117. The number of aryl methyl sites for hydroxylation is 2. The van der Waals surface area contributed by atoms with Gasteiger partial charge in [0.05, 0.1) is 24.9 Å². The van der Waals surface area contributed by atoms with Crippen molar-refractivity contribution >= 4 is 28.2 Å². The van der Waals surface area contributed by atoms with Gasteiger partial charge in [0, 0.05) is 68.5 Å². The maximum Gasteiger partial charge on any atom is 0.229 e. The molecule has 8 nitrogen and oxygen atoms in total. The Kier molecular flexibility index (Phi) is 5.95. The highest BCUT2D eigenvalue weighted by atomic mass is 19.1. The predicted molar refractivity (Wildman–Crippen MR) is 142 cm³/mol. The summed E-state index contributed by atoms with van der Waals surface area (Å²) in [5.41, 5.74) is 2.94. The Labute approximate surface area is 216 Å². The molecule has 0 unspecified atom stereocenters. The van der Waals surface area contributed by atoms with Crippen LogP contribution in [0.2, 0.25) is 0 Å². The molecule has 0 radical (unpaired) electrons. The lowest BCUT2D eigenvalue weighted by Gasteiger charge is -2.45. The summed E-state index contributed by atoms with van der Waals surface area (Å²) in [5.74, 6) is 0.996. The lowest BCUT2D eigenvalue weighted by Crippen LogP contribution is -2.59. The number of hydrogen-bond acceptors (Lipinski definition) is 6. The van der Waals surface area contributed by atoms with E-state index < -0.39 is 11.7 Å². The van der Waals surface area contributed by atoms with E-state index in [1.54, 1.807) is 4.68 Å². The molecule has 3 aromatic rings. The third-order valence-corrected chi connectivity index (χ3v) is 8.76. The van der Waals surface area contributed by atoms with Gasteiger partial charge in [-0.25, -0.2) is 9.37 Å². The Morgan fingerprint density at radius 1 is 1.16 bits per heavy atom. The van der Waals surface area contributed by atoms with E-state index in [0.717, 1.165) is 42.5 Å². The molecule has 3 fully saturated rings. The number of nitrogens with zero attached hydrogens (tertiary/aromatic N) is 5. The molecule has 9 heteroatoms. The Bertz CT molecular complexity index is 1340. The van der Waals surface area contributed by atoms with Gasteiger partial charge >= 0.3 is 0 Å². The zero-order valence-corrected chi connectivity index (χ0v) is 21.9. The van der Waals surface area contributed by atoms with E-state index in [-0.39, 0.29) is 30.3 Å². The summed E-state index contributed by atoms with van der Waals surface area (Å²) in [4.78, 5) is 22.2. The van der Waals surface area contributed by atoms with Crippen LogP contribution in [0.1, 0.15) is 30.9 Å². The second kappa shape index (κ2) is 9.06. The molecule has 2 aliphatic heterocycles. The Hall–Kier alpha value is -3.04. The van der Waals surface area contributed by atoms with Gasteiger partial charge in [-0.1, -0.05) is 6.92 Å². The molecule has 1 aromatic carbocycles. The van der Waals surface area contributed by atoms with Gasteiger partial charge in [-0.05, 0) is 54.5 Å². The summed E-state index contributed by atoms with van der Waals surface area (Å²) in [7, 11) is 1.89. The van der Waals surface area contributed by atoms with Gasteiger partial charge in [0.2, 0.25) is 5.91 Å². The second-order valence-corrected chi connectivity index (χ2v) is 11.2. The van der Waals surface area contributed by atoms with Crippen LogP contribution in [0.15, 0.2) is 36.8 Å². The average molecular weight is 507 g/mol. The fraction of sp³-hybridized carbons (Fsp3) is 0.536. The molecule has 1 aliphatic carbocycles. The first-order chi connectivity index (χ1) is 17.7. The molecule has 2 saturated heterocycles. The predicted octanol–water partition coefficient (Wildman–Crippen LogP) is 3.51. The van der Waals surface area contributed by atoms with Crippen molar-refractivity contribution in [3.05, 3.63) is 47.9 Å². The van der Waals surface area contributed by atoms with E-state index in [1.807, 2.05) is 38.6 Å². The average Bonchev–Trinajstić information content (AvgIpc) is 3.15. The van der Waals surface area contributed by atoms with E-state index in [9.17, 15) is 9.18 Å². The normalized spacial score (nSPS) is 30.1. The number of benzene rings is 1. The van der Waals surface area contributed by atoms with Crippen molar-refractivity contribution in [2.45, 2.75) is 38.4 Å². The smallest absolute Gasteiger partial charge is 0.229 e. The number of carbonyl (C=O) groups excluding carboxylic acids is 1. The topological polar surface area (TPSA) is 75.5 Å². The molecular weight excluding hydrogens is 471 g/mol. The van der Waals surface area contributed by atoms with Crippen molar-refractivity contribution in [3.8, 4) is 0 Å². The Morgan fingerprint density at radius 3 is 2.62 bits per heavy atom. The number of ether oxygens (including phenoxy) is 1. The fourth-order valence-corrected chi connectivity index (χ4v) is 6.29. The highest BCUT2D eigenvalue weighted by Crippen LogP contribution is 2.54. The zero-order chi connectivity index (χ0) is 25.9. The monoisotopic (exact) mass is 506 g/mol. The molecule has 2 aromatic heterocycles. The highest BCUT2D eigenvalue weighted by Gasteiger charge is 2.53. The van der Waals surface area contributed by atoms with Crippen molar-refractivity contribution in [3.63, 3.8) is 0 Å². The number of piperazine rings is 1. The lowest BCUT2D eigenvalue weighted by atomic mass is 9.96. The van der Waals surface area contributed by atoms with E-state index in [2.05, 4.69) is 51.2 Å². The number of aromatic nitrogens is 3. The van der Waals surface area contributed by atoms with Gasteiger partial charge < -0.3 is 15.0 Å². The summed E-state index contributed by atoms with van der Waals surface area (Å²) in [6.07, 6.45) is 4.73. The Morgan fingerprint density at radius 2 is 1.95 bits per heavy atom. The SMILES string of the molecule is Cc1cc2cnc(NC(=O)[C@H]3[C@H](C)[C@@H]3c3cnn(C)c3)cc2cc1N1CCN([C@]2(C)COC[C@@H]2F)CC1. The first-order valence-corrected chi connectivity index (χ1v) is 13.2. The number of carbonyl (C=O) groups is 1. The van der Waals surface area contributed by atoms with Gasteiger partial charge in [0.25, 0.3) is 0 Å². The van der Waals surface area contributed by atoms with Crippen LogP contribution in [-0.2, 0) is 16.6 Å². The number of hydrogen-bond donors (Lipinski definition) is 1. The Balaban J connectivity index is 1.16. The molecule has 5 atom stereocenters. The van der Waals surface area contributed by atoms with Gasteiger partial charge in [0.15, 0.2) is 0 Å². The number of alkyl halides is 1. The third-order valence-electron chi connectivity index (χ3n) is 8.76. The quantitative estimate of drug-likeness (QED) is 0.571. The molecule has 4 heterocycles. The fourth-order valence-electron chi connectivity index (χ4n) is 6.29. The van der Waals surface area contributed by atoms with Gasteiger partial charge in [0.1, 0.15) is 12.0 Å². The van der Waals surface area contributed by atoms with Crippen LogP contribution in [0.5, 0.6) is 0 Å². The molecule has 0 bridgehead atoms. The molecule has 6 rings (SSSR count). The minimum Gasteiger partial charge on any atom is -0.376 e. The van der Waals surface area contributed by atoms with Crippen molar-refractivity contribution in [2.24, 2.45) is 18.9 Å². The van der Waals surface area contributed by atoms with Gasteiger partial charge in [-0.2, -0.15) is 5.10 Å². The van der Waals surface area contributed by atoms with Gasteiger partial charge in [-0.3, -0.25) is 14.4 Å². The molecule has 1 saturated carbocycles. The van der Waals surface area contributed by atoms with Crippen molar-refractivity contribution < 1.29 is 13.9 Å². The second-order valence-electron chi connectivity index (χ2n) is 11.2. The summed E-state index contributed by atoms with van der Waals surface area (Å²) >= 11 is 0. The zero-order valence-electron chi connectivity index (χ0n) is 21.9. The molecule has 1 N–H and O–H groups in total. The molecule has 1 amide bonds. The van der Waals surface area contributed by atoms with E-state index in [4.69, 9.17) is 4.74 Å². The number of rotatable bonds is 5. The van der Waals surface area contributed by atoms with Crippen LogP contribution in [-0.4, -0.2) is 76.7 Å². The van der Waals surface area contributed by atoms with E-state index in [0.29, 0.717) is 12.4 Å². The summed E-state index contributed by atoms with van der Waals surface area (Å²) < 4.78 is 21.7. The molecular formula is C28H35FN6O2. The highest BCUT2D eigenvalue weighted by molar-refractivity contribution is 5.97. The summed E-state index contributed by atoms with van der Waals surface area (Å²) in [6, 6.07) is 6.30. The number of amides is 1. The molecule has 0 spiro atoms. The van der Waals surface area contributed by atoms with Crippen LogP contribution in [0, 0.1) is 18.8 Å². The number of pyridine rings is 1. The van der Waals surface area contributed by atoms with Crippen LogP contribution in [0.25, 0.3) is 10.8 Å². The number of fused-ring (bicyclic) bond motifs is 1. The maximum atomic E-state index is 14.5. The van der Waals surface area contributed by atoms with Gasteiger partial charge in [-0.15, -0.1) is 0 Å². The first kappa shape index (κ1) is 24.3. The van der Waals surface area contributed by atoms with Crippen LogP contribution < -0.4 is 10.2 Å². The largest absolute Gasteiger partial charge is 0.376 e. The van der Waals surface area contributed by atoms with Crippen LogP contribution in [0.4, 0.5) is 15.9 Å². The summed E-state index contributed by atoms with van der Waals surface area (Å²) in [5, 5.41) is 9.39.